The fourth-order valence-corrected chi connectivity index (χ4v) is 2.58. The van der Waals surface area contributed by atoms with Gasteiger partial charge in [-0.25, -0.2) is 0 Å². The van der Waals surface area contributed by atoms with Gasteiger partial charge < -0.3 is 10.2 Å². The molecule has 0 aliphatic carbocycles. The van der Waals surface area contributed by atoms with Crippen molar-refractivity contribution in [3.8, 4) is 0 Å². The normalized spacial score (nSPS) is 16.9. The molecule has 1 fully saturated rings. The molecule has 0 saturated carbocycles. The first kappa shape index (κ1) is 14.4. The predicted octanol–water partition coefficient (Wildman–Crippen LogP) is 3.54. The molecule has 0 radical (unpaired) electrons. The number of halogens is 1. The van der Waals surface area contributed by atoms with Gasteiger partial charge >= 0.3 is 0 Å². The van der Waals surface area contributed by atoms with Crippen LogP contribution in [0.15, 0.2) is 24.3 Å². The summed E-state index contributed by atoms with van der Waals surface area (Å²) in [5, 5.41) is 3.46. The fraction of sp³-hybridized carbons (Fsp3) is 0.533. The van der Waals surface area contributed by atoms with Crippen LogP contribution in [0.5, 0.6) is 0 Å². The third-order valence-corrected chi connectivity index (χ3v) is 3.83. The maximum atomic E-state index is 11.9. The molecule has 0 unspecified atom stereocenters. The molecule has 1 aromatic carbocycles. The second kappa shape index (κ2) is 7.51. The first-order valence-electron chi connectivity index (χ1n) is 7.02. The third kappa shape index (κ3) is 4.84. The Bertz CT molecular complexity index is 414. The van der Waals surface area contributed by atoms with Gasteiger partial charge in [-0.2, -0.15) is 0 Å². The van der Waals surface area contributed by atoms with Gasteiger partial charge in [0.25, 0.3) is 0 Å². The summed E-state index contributed by atoms with van der Waals surface area (Å²) in [6.07, 6.45) is 5.69. The Morgan fingerprint density at radius 1 is 1.16 bits per heavy atom. The number of nitrogens with one attached hydrogen (secondary N) is 1. The molecule has 104 valence electrons. The summed E-state index contributed by atoms with van der Waals surface area (Å²) in [5.74, 6) is 0.0392. The molecule has 0 spiro atoms. The maximum absolute atomic E-state index is 11.9. The average Bonchev–Trinajstić information content (AvgIpc) is 2.68. The minimum absolute atomic E-state index is 0.0392. The van der Waals surface area contributed by atoms with Crippen LogP contribution in [-0.2, 0) is 4.79 Å². The van der Waals surface area contributed by atoms with Gasteiger partial charge in [-0.05, 0) is 38.1 Å². The number of carbonyl (C=O) groups is 1. The van der Waals surface area contributed by atoms with Gasteiger partial charge in [-0.15, -0.1) is 0 Å². The highest BCUT2D eigenvalue weighted by Crippen LogP contribution is 2.20. The second-order valence-corrected chi connectivity index (χ2v) is 5.44. The van der Waals surface area contributed by atoms with E-state index in [9.17, 15) is 4.79 Å². The van der Waals surface area contributed by atoms with Crippen molar-refractivity contribution in [1.29, 1.82) is 0 Å². The molecule has 1 amide bonds. The molecular formula is C15H21ClN2O. The van der Waals surface area contributed by atoms with Gasteiger partial charge in [-0.3, -0.25) is 4.79 Å². The molecule has 1 saturated heterocycles. The van der Waals surface area contributed by atoms with Gasteiger partial charge in [0.2, 0.25) is 5.91 Å². The number of carbonyl (C=O) groups excluding carboxylic acids is 1. The lowest BCUT2D eigenvalue weighted by Gasteiger charge is -2.19. The molecule has 1 N–H and O–H groups in total. The van der Waals surface area contributed by atoms with Crippen LogP contribution in [0.1, 0.15) is 32.1 Å². The summed E-state index contributed by atoms with van der Waals surface area (Å²) < 4.78 is 0. The Morgan fingerprint density at radius 3 is 2.53 bits per heavy atom. The third-order valence-electron chi connectivity index (χ3n) is 3.50. The van der Waals surface area contributed by atoms with Gasteiger partial charge in [0.15, 0.2) is 0 Å². The van der Waals surface area contributed by atoms with E-state index in [1.165, 1.54) is 25.7 Å². The molecule has 0 atom stereocenters. The largest absolute Gasteiger partial charge is 0.325 e. The standard InChI is InChI=1S/C15H21ClN2O/c16-13-7-3-4-8-14(13)17-15(19)9-12-18-10-5-1-2-6-11-18/h3-4,7-8H,1-2,5-6,9-12H2,(H,17,19). The summed E-state index contributed by atoms with van der Waals surface area (Å²) >= 11 is 6.01. The van der Waals surface area contributed by atoms with E-state index >= 15 is 0 Å². The summed E-state index contributed by atoms with van der Waals surface area (Å²) in [7, 11) is 0. The number of anilines is 1. The van der Waals surface area contributed by atoms with Crippen molar-refractivity contribution in [3.63, 3.8) is 0 Å². The topological polar surface area (TPSA) is 32.3 Å². The van der Waals surface area contributed by atoms with Gasteiger partial charge in [-0.1, -0.05) is 36.6 Å². The Balaban J connectivity index is 1.76. The smallest absolute Gasteiger partial charge is 0.225 e. The zero-order valence-corrected chi connectivity index (χ0v) is 12.0. The Labute approximate surface area is 119 Å². The van der Waals surface area contributed by atoms with E-state index in [-0.39, 0.29) is 5.91 Å². The summed E-state index contributed by atoms with van der Waals surface area (Å²) in [5.41, 5.74) is 0.699. The van der Waals surface area contributed by atoms with Gasteiger partial charge in [0.05, 0.1) is 10.7 Å². The van der Waals surface area contributed by atoms with Crippen LogP contribution >= 0.6 is 11.6 Å². The molecule has 0 aromatic heterocycles. The zero-order chi connectivity index (χ0) is 13.5. The Hall–Kier alpha value is -1.06. The zero-order valence-electron chi connectivity index (χ0n) is 11.2. The molecule has 1 aromatic rings. The number of nitrogens with zero attached hydrogens (tertiary/aromatic N) is 1. The molecule has 0 bridgehead atoms. The number of hydrogen-bond donors (Lipinski definition) is 1. The summed E-state index contributed by atoms with van der Waals surface area (Å²) in [6.45, 7) is 3.09. The number of para-hydroxylation sites is 1. The molecular weight excluding hydrogens is 260 g/mol. The predicted molar refractivity (Wildman–Crippen MR) is 79.6 cm³/mol. The highest BCUT2D eigenvalue weighted by Gasteiger charge is 2.11. The lowest BCUT2D eigenvalue weighted by molar-refractivity contribution is -0.116. The number of likely N-dealkylation sites (tertiary alicyclic amines) is 1. The monoisotopic (exact) mass is 280 g/mol. The van der Waals surface area contributed by atoms with E-state index in [1.54, 1.807) is 6.07 Å². The van der Waals surface area contributed by atoms with Crippen molar-refractivity contribution >= 4 is 23.2 Å². The number of hydrogen-bond acceptors (Lipinski definition) is 2. The van der Waals surface area contributed by atoms with Crippen molar-refractivity contribution in [2.24, 2.45) is 0 Å². The van der Waals surface area contributed by atoms with E-state index < -0.39 is 0 Å². The first-order valence-corrected chi connectivity index (χ1v) is 7.40. The summed E-state index contributed by atoms with van der Waals surface area (Å²) in [4.78, 5) is 14.3. The minimum atomic E-state index is 0.0392. The average molecular weight is 281 g/mol. The van der Waals surface area contributed by atoms with Crippen LogP contribution < -0.4 is 5.32 Å². The van der Waals surface area contributed by atoms with E-state index in [2.05, 4.69) is 10.2 Å². The molecule has 3 nitrogen and oxygen atoms in total. The van der Waals surface area contributed by atoms with Gasteiger partial charge in [0, 0.05) is 13.0 Å². The molecule has 1 aliphatic rings. The van der Waals surface area contributed by atoms with Crippen LogP contribution in [0.2, 0.25) is 5.02 Å². The maximum Gasteiger partial charge on any atom is 0.225 e. The lowest BCUT2D eigenvalue weighted by atomic mass is 10.2. The highest BCUT2D eigenvalue weighted by atomic mass is 35.5. The summed E-state index contributed by atoms with van der Waals surface area (Å²) in [6, 6.07) is 7.34. The van der Waals surface area contributed by atoms with E-state index in [4.69, 9.17) is 11.6 Å². The fourth-order valence-electron chi connectivity index (χ4n) is 2.39. The van der Waals surface area contributed by atoms with Crippen LogP contribution in [0.3, 0.4) is 0 Å². The number of amides is 1. The second-order valence-electron chi connectivity index (χ2n) is 5.03. The SMILES string of the molecule is O=C(CCN1CCCCCC1)Nc1ccccc1Cl. The molecule has 1 aliphatic heterocycles. The van der Waals surface area contributed by atoms with Crippen molar-refractivity contribution in [3.05, 3.63) is 29.3 Å². The van der Waals surface area contributed by atoms with Crippen LogP contribution in [0.25, 0.3) is 0 Å². The lowest BCUT2D eigenvalue weighted by Crippen LogP contribution is -2.28. The van der Waals surface area contributed by atoms with Crippen molar-refractivity contribution in [1.82, 2.24) is 4.90 Å². The minimum Gasteiger partial charge on any atom is -0.325 e. The highest BCUT2D eigenvalue weighted by molar-refractivity contribution is 6.33. The van der Waals surface area contributed by atoms with Gasteiger partial charge in [0.1, 0.15) is 0 Å². The van der Waals surface area contributed by atoms with Crippen LogP contribution in [0.4, 0.5) is 5.69 Å². The van der Waals surface area contributed by atoms with E-state index in [0.29, 0.717) is 17.1 Å². The molecule has 4 heteroatoms. The van der Waals surface area contributed by atoms with Crippen molar-refractivity contribution < 1.29 is 4.79 Å². The molecule has 1 heterocycles. The Morgan fingerprint density at radius 2 is 1.84 bits per heavy atom. The van der Waals surface area contributed by atoms with Crippen molar-refractivity contribution in [2.75, 3.05) is 25.0 Å². The molecule has 2 rings (SSSR count). The van der Waals surface area contributed by atoms with Crippen LogP contribution in [-0.4, -0.2) is 30.4 Å². The first-order chi connectivity index (χ1) is 9.25. The molecule has 19 heavy (non-hydrogen) atoms. The quantitative estimate of drug-likeness (QED) is 0.915. The van der Waals surface area contributed by atoms with E-state index in [1.807, 2.05) is 18.2 Å². The number of benzene rings is 1. The Kier molecular flexibility index (Phi) is 5.67. The van der Waals surface area contributed by atoms with Crippen LogP contribution in [0, 0.1) is 0 Å². The van der Waals surface area contributed by atoms with Crippen molar-refractivity contribution in [2.45, 2.75) is 32.1 Å². The number of rotatable bonds is 4. The van der Waals surface area contributed by atoms with E-state index in [0.717, 1.165) is 19.6 Å².